The Bertz CT molecular complexity index is 432. The van der Waals surface area contributed by atoms with Crippen LogP contribution in [0.3, 0.4) is 0 Å². The third kappa shape index (κ3) is 2.77. The Morgan fingerprint density at radius 3 is 2.61 bits per heavy atom. The van der Waals surface area contributed by atoms with Crippen LogP contribution in [-0.4, -0.2) is 11.0 Å². The summed E-state index contributed by atoms with van der Waals surface area (Å²) in [6, 6.07) is 0.258. The van der Waals surface area contributed by atoms with Gasteiger partial charge in [0.25, 0.3) is 0 Å². The Morgan fingerprint density at radius 1 is 1.33 bits per heavy atom. The summed E-state index contributed by atoms with van der Waals surface area (Å²) in [5.41, 5.74) is 8.02. The van der Waals surface area contributed by atoms with Gasteiger partial charge in [0, 0.05) is 22.8 Å². The predicted octanol–water partition coefficient (Wildman–Crippen LogP) is 3.67. The lowest BCUT2D eigenvalue weighted by atomic mass is 9.67. The van der Waals surface area contributed by atoms with Gasteiger partial charge in [-0.3, -0.25) is 0 Å². The van der Waals surface area contributed by atoms with E-state index in [4.69, 9.17) is 10.7 Å². The lowest BCUT2D eigenvalue weighted by Gasteiger charge is -2.39. The van der Waals surface area contributed by atoms with Crippen molar-refractivity contribution in [3.05, 3.63) is 15.6 Å². The highest BCUT2D eigenvalue weighted by Gasteiger charge is 2.39. The van der Waals surface area contributed by atoms with Crippen molar-refractivity contribution in [1.29, 1.82) is 0 Å². The fourth-order valence-electron chi connectivity index (χ4n) is 3.30. The summed E-state index contributed by atoms with van der Waals surface area (Å²) < 4.78 is 0. The molecule has 0 amide bonds. The minimum Gasteiger partial charge on any atom is -0.327 e. The molecule has 0 saturated carbocycles. The van der Waals surface area contributed by atoms with Crippen molar-refractivity contribution >= 4 is 11.3 Å². The van der Waals surface area contributed by atoms with Crippen molar-refractivity contribution in [2.75, 3.05) is 0 Å². The fourth-order valence-corrected chi connectivity index (χ4v) is 4.57. The number of hydrogen-bond donors (Lipinski definition) is 1. The number of aromatic nitrogens is 1. The quantitative estimate of drug-likeness (QED) is 0.906. The zero-order valence-corrected chi connectivity index (χ0v) is 13.2. The van der Waals surface area contributed by atoms with Gasteiger partial charge in [0.05, 0.1) is 10.7 Å². The standard InChI is InChI=1S/C15H26N2S/c1-6-10(16)7-12-17-11-8-14(2,3)9-15(4,5)13(11)18-12/h10H,6-9,16H2,1-5H3. The van der Waals surface area contributed by atoms with Gasteiger partial charge in [-0.25, -0.2) is 4.98 Å². The summed E-state index contributed by atoms with van der Waals surface area (Å²) in [5, 5.41) is 1.24. The maximum Gasteiger partial charge on any atom is 0.0946 e. The van der Waals surface area contributed by atoms with E-state index < -0.39 is 0 Å². The average molecular weight is 266 g/mol. The Labute approximate surface area is 115 Å². The number of nitrogens with zero attached hydrogens (tertiary/aromatic N) is 1. The van der Waals surface area contributed by atoms with Crippen molar-refractivity contribution in [3.8, 4) is 0 Å². The average Bonchev–Trinajstić information content (AvgIpc) is 2.58. The SMILES string of the molecule is CCC(N)Cc1nc2c(s1)C(C)(C)CC(C)(C)C2. The van der Waals surface area contributed by atoms with Gasteiger partial charge >= 0.3 is 0 Å². The number of hydrogen-bond acceptors (Lipinski definition) is 3. The molecule has 0 saturated heterocycles. The zero-order valence-electron chi connectivity index (χ0n) is 12.3. The van der Waals surface area contributed by atoms with Crippen LogP contribution in [0.15, 0.2) is 0 Å². The van der Waals surface area contributed by atoms with Crippen LogP contribution in [0.5, 0.6) is 0 Å². The van der Waals surface area contributed by atoms with E-state index >= 15 is 0 Å². The summed E-state index contributed by atoms with van der Waals surface area (Å²) in [5.74, 6) is 0. The summed E-state index contributed by atoms with van der Waals surface area (Å²) >= 11 is 1.90. The molecule has 102 valence electrons. The molecule has 2 nitrogen and oxygen atoms in total. The topological polar surface area (TPSA) is 38.9 Å². The van der Waals surface area contributed by atoms with Gasteiger partial charge in [-0.15, -0.1) is 11.3 Å². The maximum atomic E-state index is 6.05. The molecule has 0 spiro atoms. The normalized spacial score (nSPS) is 22.6. The maximum absolute atomic E-state index is 6.05. The molecule has 18 heavy (non-hydrogen) atoms. The molecule has 1 atom stereocenters. The molecule has 1 aliphatic carbocycles. The van der Waals surface area contributed by atoms with E-state index in [9.17, 15) is 0 Å². The Balaban J connectivity index is 2.30. The molecule has 1 aliphatic rings. The summed E-state index contributed by atoms with van der Waals surface area (Å²) in [6.45, 7) is 11.6. The molecule has 0 fully saturated rings. The van der Waals surface area contributed by atoms with Crippen LogP contribution in [-0.2, 0) is 18.3 Å². The number of rotatable bonds is 3. The molecule has 0 aliphatic heterocycles. The zero-order chi connectivity index (χ0) is 13.6. The van der Waals surface area contributed by atoms with E-state index in [-0.39, 0.29) is 11.5 Å². The smallest absolute Gasteiger partial charge is 0.0946 e. The first kappa shape index (κ1) is 14.0. The highest BCUT2D eigenvalue weighted by Crippen LogP contribution is 2.47. The Morgan fingerprint density at radius 2 is 2.00 bits per heavy atom. The molecular formula is C15H26N2S. The minimum absolute atomic E-state index is 0.258. The van der Waals surface area contributed by atoms with Gasteiger partial charge in [0.15, 0.2) is 0 Å². The molecule has 0 radical (unpaired) electrons. The predicted molar refractivity (Wildman–Crippen MR) is 79.2 cm³/mol. The molecule has 0 aromatic carbocycles. The first-order valence-corrected chi connectivity index (χ1v) is 7.80. The summed E-state index contributed by atoms with van der Waals surface area (Å²) in [4.78, 5) is 6.37. The largest absolute Gasteiger partial charge is 0.327 e. The third-order valence-corrected chi connectivity index (χ3v) is 5.37. The minimum atomic E-state index is 0.258. The molecular weight excluding hydrogens is 240 g/mol. The van der Waals surface area contributed by atoms with Crippen molar-refractivity contribution in [2.24, 2.45) is 11.1 Å². The monoisotopic (exact) mass is 266 g/mol. The molecule has 3 heteroatoms. The Kier molecular flexibility index (Phi) is 3.58. The van der Waals surface area contributed by atoms with Crippen LogP contribution in [0.1, 0.15) is 63.0 Å². The molecule has 1 heterocycles. The van der Waals surface area contributed by atoms with E-state index in [2.05, 4.69) is 34.6 Å². The molecule has 0 bridgehead atoms. The Hall–Kier alpha value is -0.410. The third-order valence-electron chi connectivity index (χ3n) is 3.88. The van der Waals surface area contributed by atoms with Crippen LogP contribution >= 0.6 is 11.3 Å². The number of fused-ring (bicyclic) bond motifs is 1. The van der Waals surface area contributed by atoms with Crippen LogP contribution in [0, 0.1) is 5.41 Å². The van der Waals surface area contributed by atoms with E-state index in [1.165, 1.54) is 22.0 Å². The van der Waals surface area contributed by atoms with Crippen molar-refractivity contribution in [1.82, 2.24) is 4.98 Å². The highest BCUT2D eigenvalue weighted by atomic mass is 32.1. The van der Waals surface area contributed by atoms with Crippen LogP contribution in [0.25, 0.3) is 0 Å². The van der Waals surface area contributed by atoms with E-state index in [0.717, 1.165) is 19.3 Å². The van der Waals surface area contributed by atoms with Crippen LogP contribution in [0.2, 0.25) is 0 Å². The lowest BCUT2D eigenvalue weighted by Crippen LogP contribution is -2.33. The van der Waals surface area contributed by atoms with Gasteiger partial charge in [-0.2, -0.15) is 0 Å². The molecule has 2 rings (SSSR count). The van der Waals surface area contributed by atoms with Crippen LogP contribution in [0.4, 0.5) is 0 Å². The first-order valence-electron chi connectivity index (χ1n) is 6.98. The van der Waals surface area contributed by atoms with Crippen LogP contribution < -0.4 is 5.73 Å². The van der Waals surface area contributed by atoms with Gasteiger partial charge < -0.3 is 5.73 Å². The van der Waals surface area contributed by atoms with Gasteiger partial charge in [-0.05, 0) is 24.7 Å². The summed E-state index contributed by atoms with van der Waals surface area (Å²) in [7, 11) is 0. The lowest BCUT2D eigenvalue weighted by molar-refractivity contribution is 0.232. The van der Waals surface area contributed by atoms with Gasteiger partial charge in [0.1, 0.15) is 0 Å². The van der Waals surface area contributed by atoms with E-state index in [0.29, 0.717) is 5.41 Å². The fraction of sp³-hybridized carbons (Fsp3) is 0.800. The molecule has 1 aromatic rings. The van der Waals surface area contributed by atoms with Crippen molar-refractivity contribution in [2.45, 2.75) is 71.8 Å². The molecule has 1 aromatic heterocycles. The van der Waals surface area contributed by atoms with Gasteiger partial charge in [-0.1, -0.05) is 34.6 Å². The second-order valence-electron chi connectivity index (χ2n) is 7.16. The van der Waals surface area contributed by atoms with Crippen molar-refractivity contribution < 1.29 is 0 Å². The van der Waals surface area contributed by atoms with E-state index in [1.807, 2.05) is 11.3 Å². The second-order valence-corrected chi connectivity index (χ2v) is 8.24. The summed E-state index contributed by atoms with van der Waals surface area (Å²) in [6.07, 6.45) is 4.32. The molecule has 1 unspecified atom stereocenters. The van der Waals surface area contributed by atoms with E-state index in [1.54, 1.807) is 0 Å². The molecule has 2 N–H and O–H groups in total. The number of thiazole rings is 1. The first-order chi connectivity index (χ1) is 8.23. The number of nitrogens with two attached hydrogens (primary N) is 1. The van der Waals surface area contributed by atoms with Gasteiger partial charge in [0.2, 0.25) is 0 Å². The second kappa shape index (κ2) is 4.61. The highest BCUT2D eigenvalue weighted by molar-refractivity contribution is 7.12. The van der Waals surface area contributed by atoms with Crippen molar-refractivity contribution in [3.63, 3.8) is 0 Å².